The van der Waals surface area contributed by atoms with Gasteiger partial charge in [-0.1, -0.05) is 30.3 Å². The number of carbonyl (C=O) groups is 2. The van der Waals surface area contributed by atoms with Gasteiger partial charge in [-0.2, -0.15) is 0 Å². The molecule has 2 saturated heterocycles. The number of ether oxygens (including phenoxy) is 1. The van der Waals surface area contributed by atoms with E-state index in [4.69, 9.17) is 16.3 Å². The van der Waals surface area contributed by atoms with Crippen LogP contribution in [0.3, 0.4) is 0 Å². The topological polar surface area (TPSA) is 70.7 Å². The van der Waals surface area contributed by atoms with Gasteiger partial charge in [0.25, 0.3) is 5.91 Å². The lowest BCUT2D eigenvalue weighted by atomic mass is 9.89. The molecular weight excluding hydrogens is 450 g/mol. The monoisotopic (exact) mass is 483 g/mol. The zero-order valence-electron chi connectivity index (χ0n) is 19.8. The van der Waals surface area contributed by atoms with E-state index in [-0.39, 0.29) is 17.9 Å². The number of rotatable bonds is 8. The average molecular weight is 484 g/mol. The summed E-state index contributed by atoms with van der Waals surface area (Å²) < 4.78 is 5.65. The second kappa shape index (κ2) is 11.7. The van der Waals surface area contributed by atoms with Crippen molar-refractivity contribution in [1.29, 1.82) is 0 Å². The first kappa shape index (κ1) is 24.6. The Morgan fingerprint density at radius 1 is 1.12 bits per heavy atom. The van der Waals surface area contributed by atoms with Crippen molar-refractivity contribution in [1.82, 2.24) is 5.32 Å². The summed E-state index contributed by atoms with van der Waals surface area (Å²) in [6.45, 7) is 4.66. The quantitative estimate of drug-likeness (QED) is 0.537. The Bertz CT molecular complexity index is 968. The number of nitrogens with one attached hydrogen (secondary N) is 2. The van der Waals surface area contributed by atoms with Crippen LogP contribution in [0.15, 0.2) is 48.5 Å². The Morgan fingerprint density at radius 3 is 2.56 bits per heavy atom. The molecule has 0 aliphatic carbocycles. The van der Waals surface area contributed by atoms with Crippen LogP contribution in [0.1, 0.15) is 48.5 Å². The summed E-state index contributed by atoms with van der Waals surface area (Å²) in [6.07, 6.45) is 5.31. The lowest BCUT2D eigenvalue weighted by Gasteiger charge is -2.35. The van der Waals surface area contributed by atoms with Crippen molar-refractivity contribution in [3.8, 4) is 0 Å². The second-order valence-electron chi connectivity index (χ2n) is 9.30. The predicted molar refractivity (Wildman–Crippen MR) is 137 cm³/mol. The number of hydrogen-bond donors (Lipinski definition) is 2. The minimum absolute atomic E-state index is 0.0705. The summed E-state index contributed by atoms with van der Waals surface area (Å²) in [6, 6.07) is 16.2. The zero-order chi connectivity index (χ0) is 23.9. The highest BCUT2D eigenvalue weighted by Crippen LogP contribution is 2.30. The van der Waals surface area contributed by atoms with Gasteiger partial charge in [-0.3, -0.25) is 9.59 Å². The van der Waals surface area contributed by atoms with Crippen molar-refractivity contribution in [2.24, 2.45) is 5.92 Å². The molecule has 182 valence electrons. The average Bonchev–Trinajstić information content (AvgIpc) is 3.37. The number of alkyl halides is 1. The van der Waals surface area contributed by atoms with Crippen LogP contribution < -0.4 is 15.5 Å². The third-order valence-corrected chi connectivity index (χ3v) is 6.90. The van der Waals surface area contributed by atoms with E-state index in [2.05, 4.69) is 45.9 Å². The predicted octanol–water partition coefficient (Wildman–Crippen LogP) is 4.62. The van der Waals surface area contributed by atoms with Gasteiger partial charge < -0.3 is 20.3 Å². The lowest BCUT2D eigenvalue weighted by Crippen LogP contribution is -2.37. The van der Waals surface area contributed by atoms with Crippen molar-refractivity contribution in [2.75, 3.05) is 36.5 Å². The molecule has 2 heterocycles. The first-order valence-electron chi connectivity index (χ1n) is 12.3. The van der Waals surface area contributed by atoms with E-state index >= 15 is 0 Å². The molecule has 2 fully saturated rings. The van der Waals surface area contributed by atoms with E-state index < -0.39 is 5.38 Å². The maximum atomic E-state index is 13.2. The van der Waals surface area contributed by atoms with E-state index in [9.17, 15) is 9.59 Å². The standard InChI is InChI=1S/C27H34ClN3O3/c1-19(28)26(32)30-22-9-10-25(24(17-22)27(33)29-18-23-8-5-15-34-23)31-13-11-21(12-14-31)16-20-6-3-2-4-7-20/h2-4,6-7,9-10,17,19,21,23H,5,8,11-16,18H2,1H3,(H,29,33)(H,30,32)/t19-,23-/m0/s1. The van der Waals surface area contributed by atoms with Gasteiger partial charge in [0.05, 0.1) is 11.7 Å². The number of halogens is 1. The lowest BCUT2D eigenvalue weighted by molar-refractivity contribution is -0.115. The van der Waals surface area contributed by atoms with Gasteiger partial charge in [0.15, 0.2) is 0 Å². The zero-order valence-corrected chi connectivity index (χ0v) is 20.5. The number of nitrogens with zero attached hydrogens (tertiary/aromatic N) is 1. The van der Waals surface area contributed by atoms with Gasteiger partial charge in [0.1, 0.15) is 5.38 Å². The Hall–Kier alpha value is -2.57. The molecule has 6 nitrogen and oxygen atoms in total. The van der Waals surface area contributed by atoms with Crippen LogP contribution in [0.25, 0.3) is 0 Å². The molecule has 4 rings (SSSR count). The molecule has 0 bridgehead atoms. The highest BCUT2D eigenvalue weighted by Gasteiger charge is 2.25. The van der Waals surface area contributed by atoms with E-state index in [1.165, 1.54) is 5.56 Å². The maximum Gasteiger partial charge on any atom is 0.253 e. The molecule has 2 atom stereocenters. The van der Waals surface area contributed by atoms with E-state index in [0.29, 0.717) is 23.7 Å². The van der Waals surface area contributed by atoms with Gasteiger partial charge in [-0.15, -0.1) is 11.6 Å². The number of benzene rings is 2. The number of anilines is 2. The SMILES string of the molecule is C[C@H](Cl)C(=O)Nc1ccc(N2CCC(Cc3ccccc3)CC2)c(C(=O)NC[C@@H]2CCCO2)c1. The summed E-state index contributed by atoms with van der Waals surface area (Å²) in [4.78, 5) is 27.6. The van der Waals surface area contributed by atoms with Crippen molar-refractivity contribution >= 4 is 34.8 Å². The molecule has 2 amide bonds. The second-order valence-corrected chi connectivity index (χ2v) is 9.96. The number of amides is 2. The molecule has 2 N–H and O–H groups in total. The molecule has 0 saturated carbocycles. The fraction of sp³-hybridized carbons (Fsp3) is 0.481. The normalized spacial score (nSPS) is 19.6. The summed E-state index contributed by atoms with van der Waals surface area (Å²) in [5.74, 6) is 0.202. The molecule has 0 unspecified atom stereocenters. The largest absolute Gasteiger partial charge is 0.376 e. The Kier molecular flexibility index (Phi) is 8.46. The van der Waals surface area contributed by atoms with Crippen LogP contribution in [0, 0.1) is 5.92 Å². The van der Waals surface area contributed by atoms with E-state index in [1.807, 2.05) is 12.1 Å². The van der Waals surface area contributed by atoms with Crippen molar-refractivity contribution in [3.05, 3.63) is 59.7 Å². The van der Waals surface area contributed by atoms with Crippen LogP contribution in [-0.4, -0.2) is 49.5 Å². The number of piperidine rings is 1. The third-order valence-electron chi connectivity index (χ3n) is 6.71. The van der Waals surface area contributed by atoms with E-state index in [1.54, 1.807) is 13.0 Å². The molecule has 2 aromatic carbocycles. The molecule has 34 heavy (non-hydrogen) atoms. The molecule has 0 spiro atoms. The summed E-state index contributed by atoms with van der Waals surface area (Å²) in [7, 11) is 0. The first-order valence-corrected chi connectivity index (χ1v) is 12.7. The van der Waals surface area contributed by atoms with Crippen molar-refractivity contribution in [3.63, 3.8) is 0 Å². The van der Waals surface area contributed by atoms with Crippen molar-refractivity contribution in [2.45, 2.75) is 50.5 Å². The minimum atomic E-state index is -0.653. The van der Waals surface area contributed by atoms with Gasteiger partial charge >= 0.3 is 0 Å². The Morgan fingerprint density at radius 2 is 1.88 bits per heavy atom. The fourth-order valence-electron chi connectivity index (χ4n) is 4.75. The molecule has 2 aliphatic rings. The summed E-state index contributed by atoms with van der Waals surface area (Å²) in [5.41, 5.74) is 3.42. The molecule has 2 aromatic rings. The van der Waals surface area contributed by atoms with Gasteiger partial charge in [0.2, 0.25) is 5.91 Å². The van der Waals surface area contributed by atoms with E-state index in [0.717, 1.165) is 57.5 Å². The van der Waals surface area contributed by atoms with Gasteiger partial charge in [0, 0.05) is 37.6 Å². The fourth-order valence-corrected chi connectivity index (χ4v) is 4.80. The Labute approximate surface area is 207 Å². The van der Waals surface area contributed by atoms with Crippen LogP contribution in [-0.2, 0) is 16.0 Å². The van der Waals surface area contributed by atoms with Crippen LogP contribution in [0.5, 0.6) is 0 Å². The smallest absolute Gasteiger partial charge is 0.253 e. The molecular formula is C27H34ClN3O3. The van der Waals surface area contributed by atoms with Crippen molar-refractivity contribution < 1.29 is 14.3 Å². The summed E-state index contributed by atoms with van der Waals surface area (Å²) >= 11 is 5.91. The third kappa shape index (κ3) is 6.51. The molecule has 2 aliphatic heterocycles. The highest BCUT2D eigenvalue weighted by molar-refractivity contribution is 6.32. The maximum absolute atomic E-state index is 13.2. The molecule has 0 radical (unpaired) electrons. The first-order chi connectivity index (χ1) is 16.5. The number of carbonyl (C=O) groups excluding carboxylic acids is 2. The highest BCUT2D eigenvalue weighted by atomic mass is 35.5. The molecule has 0 aromatic heterocycles. The molecule has 7 heteroatoms. The van der Waals surface area contributed by atoms with Gasteiger partial charge in [-0.25, -0.2) is 0 Å². The Balaban J connectivity index is 1.46. The van der Waals surface area contributed by atoms with Crippen LogP contribution >= 0.6 is 11.6 Å². The summed E-state index contributed by atoms with van der Waals surface area (Å²) in [5, 5.41) is 5.19. The van der Waals surface area contributed by atoms with Gasteiger partial charge in [-0.05, 0) is 68.7 Å². The van der Waals surface area contributed by atoms with Crippen LogP contribution in [0.4, 0.5) is 11.4 Å². The van der Waals surface area contributed by atoms with Crippen LogP contribution in [0.2, 0.25) is 0 Å². The minimum Gasteiger partial charge on any atom is -0.376 e. The number of hydrogen-bond acceptors (Lipinski definition) is 4.